The number of anilines is 1. The van der Waals surface area contributed by atoms with Crippen molar-refractivity contribution in [1.29, 1.82) is 0 Å². The highest BCUT2D eigenvalue weighted by Gasteiger charge is 2.38. The van der Waals surface area contributed by atoms with Gasteiger partial charge in [-0.3, -0.25) is 4.79 Å². The molecule has 0 bridgehead atoms. The molecule has 1 aromatic heterocycles. The number of aldehydes is 1. The molecule has 0 fully saturated rings. The van der Waals surface area contributed by atoms with E-state index < -0.39 is 11.4 Å². The number of allylic oxidation sites excluding steroid dienone is 2. The number of carbonyl (C=O) groups is 2. The van der Waals surface area contributed by atoms with Gasteiger partial charge in [0.15, 0.2) is 5.69 Å². The van der Waals surface area contributed by atoms with E-state index >= 15 is 0 Å². The fraction of sp³-hybridized carbons (Fsp3) is 0.160. The first-order valence-electron chi connectivity index (χ1n) is 9.95. The van der Waals surface area contributed by atoms with E-state index in [1.54, 1.807) is 0 Å². The summed E-state index contributed by atoms with van der Waals surface area (Å²) in [5.74, 6) is -1.10. The molecule has 6 heteroatoms. The molecule has 1 unspecified atom stereocenters. The molecular weight excluding hydrogens is 390 g/mol. The lowest BCUT2D eigenvalue weighted by Gasteiger charge is -2.35. The number of carboxylic acid groups (broad SMARTS) is 1. The van der Waals surface area contributed by atoms with Crippen LogP contribution in [-0.4, -0.2) is 41.2 Å². The minimum atomic E-state index is -1.10. The maximum atomic E-state index is 11.8. The van der Waals surface area contributed by atoms with Gasteiger partial charge in [-0.05, 0) is 29.3 Å². The van der Waals surface area contributed by atoms with Crippen molar-refractivity contribution < 1.29 is 14.7 Å². The fourth-order valence-corrected chi connectivity index (χ4v) is 4.14. The van der Waals surface area contributed by atoms with E-state index in [-0.39, 0.29) is 5.69 Å². The molecule has 1 atom stereocenters. The van der Waals surface area contributed by atoms with Crippen molar-refractivity contribution in [2.24, 2.45) is 0 Å². The summed E-state index contributed by atoms with van der Waals surface area (Å²) in [5, 5.41) is 13.9. The zero-order valence-corrected chi connectivity index (χ0v) is 17.4. The van der Waals surface area contributed by atoms with E-state index in [2.05, 4.69) is 47.6 Å². The number of aromatic nitrogens is 2. The number of hydrogen-bond acceptors (Lipinski definition) is 4. The largest absolute Gasteiger partial charge is 0.476 e. The molecule has 1 N–H and O–H groups in total. The van der Waals surface area contributed by atoms with Crippen molar-refractivity contribution in [2.75, 3.05) is 19.0 Å². The van der Waals surface area contributed by atoms with E-state index in [1.165, 1.54) is 17.0 Å². The highest BCUT2D eigenvalue weighted by molar-refractivity contribution is 5.91. The van der Waals surface area contributed by atoms with Crippen LogP contribution in [0.5, 0.6) is 0 Å². The van der Waals surface area contributed by atoms with Gasteiger partial charge in [-0.25, -0.2) is 9.48 Å². The summed E-state index contributed by atoms with van der Waals surface area (Å²) in [5.41, 5.74) is 4.08. The molecule has 1 aliphatic carbocycles. The van der Waals surface area contributed by atoms with Crippen LogP contribution in [0.1, 0.15) is 32.9 Å². The van der Waals surface area contributed by atoms with Gasteiger partial charge in [0, 0.05) is 43.4 Å². The number of fused-ring (bicyclic) bond motifs is 1. The van der Waals surface area contributed by atoms with Gasteiger partial charge in [0.25, 0.3) is 0 Å². The Balaban J connectivity index is 1.92. The van der Waals surface area contributed by atoms with E-state index in [0.29, 0.717) is 18.3 Å². The number of carboxylic acids is 1. The molecule has 3 aromatic rings. The molecule has 156 valence electrons. The van der Waals surface area contributed by atoms with Gasteiger partial charge in [-0.15, -0.1) is 0 Å². The van der Waals surface area contributed by atoms with Crippen LogP contribution in [0.25, 0.3) is 12.3 Å². The first kappa shape index (κ1) is 20.3. The molecule has 0 amide bonds. The van der Waals surface area contributed by atoms with Crippen LogP contribution in [0.3, 0.4) is 0 Å². The summed E-state index contributed by atoms with van der Waals surface area (Å²) in [6.45, 7) is 0. The van der Waals surface area contributed by atoms with Crippen LogP contribution in [0.4, 0.5) is 5.69 Å². The Bertz CT molecular complexity index is 1170. The summed E-state index contributed by atoms with van der Waals surface area (Å²) >= 11 is 0. The van der Waals surface area contributed by atoms with E-state index in [0.717, 1.165) is 22.5 Å². The van der Waals surface area contributed by atoms with E-state index in [4.69, 9.17) is 0 Å². The van der Waals surface area contributed by atoms with Gasteiger partial charge in [0.2, 0.25) is 0 Å². The minimum absolute atomic E-state index is 0.0218. The number of nitrogens with zero attached hydrogens (tertiary/aromatic N) is 3. The van der Waals surface area contributed by atoms with Crippen molar-refractivity contribution in [3.63, 3.8) is 0 Å². The molecule has 2 aromatic carbocycles. The Morgan fingerprint density at radius 2 is 1.77 bits per heavy atom. The Labute approximate surface area is 180 Å². The molecule has 6 nitrogen and oxygen atoms in total. The topological polar surface area (TPSA) is 75.4 Å². The second kappa shape index (κ2) is 8.07. The Hall–Kier alpha value is -3.93. The molecule has 1 aliphatic rings. The molecule has 1 heterocycles. The van der Waals surface area contributed by atoms with Gasteiger partial charge < -0.3 is 10.0 Å². The van der Waals surface area contributed by atoms with Gasteiger partial charge in [0.1, 0.15) is 6.29 Å². The molecular formula is C25H23N3O3. The summed E-state index contributed by atoms with van der Waals surface area (Å²) in [6.07, 6.45) is 7.88. The second-order valence-corrected chi connectivity index (χ2v) is 7.73. The standard InChI is InChI=1S/C25H23N3O3/c1-27(2)20-11-9-19(10-12-20)25(18-7-4-3-5-8-18)14-13-21-22(17-25)28(15-6-16-29)26-23(21)24(30)31/h3-16H,17H2,1-2H3,(H,30,31). The van der Waals surface area contributed by atoms with Gasteiger partial charge in [0.05, 0.1) is 5.69 Å². The van der Waals surface area contributed by atoms with E-state index in [1.807, 2.05) is 43.3 Å². The van der Waals surface area contributed by atoms with Crippen LogP contribution in [0.15, 0.2) is 66.7 Å². The number of carbonyl (C=O) groups excluding carboxylic acids is 1. The first-order valence-corrected chi connectivity index (χ1v) is 9.95. The summed E-state index contributed by atoms with van der Waals surface area (Å²) in [6, 6.07) is 18.5. The normalized spacial score (nSPS) is 17.5. The maximum absolute atomic E-state index is 11.8. The Morgan fingerprint density at radius 3 is 2.39 bits per heavy atom. The summed E-state index contributed by atoms with van der Waals surface area (Å²) < 4.78 is 1.50. The minimum Gasteiger partial charge on any atom is -0.476 e. The number of hydrogen-bond donors (Lipinski definition) is 1. The van der Waals surface area contributed by atoms with Crippen LogP contribution >= 0.6 is 0 Å². The molecule has 0 aliphatic heterocycles. The Morgan fingerprint density at radius 1 is 1.10 bits per heavy atom. The molecule has 4 rings (SSSR count). The fourth-order valence-electron chi connectivity index (χ4n) is 4.14. The molecule has 31 heavy (non-hydrogen) atoms. The maximum Gasteiger partial charge on any atom is 0.357 e. The van der Waals surface area contributed by atoms with Crippen molar-refractivity contribution in [3.05, 3.63) is 94.8 Å². The molecule has 0 spiro atoms. The van der Waals surface area contributed by atoms with Crippen LogP contribution in [-0.2, 0) is 16.6 Å². The third-order valence-electron chi connectivity index (χ3n) is 5.73. The van der Waals surface area contributed by atoms with Crippen LogP contribution in [0, 0.1) is 0 Å². The zero-order chi connectivity index (χ0) is 22.0. The number of aromatic carboxylic acids is 1. The molecule has 0 saturated heterocycles. The van der Waals surface area contributed by atoms with Gasteiger partial charge >= 0.3 is 5.97 Å². The lowest BCUT2D eigenvalue weighted by molar-refractivity contribution is -0.104. The third-order valence-corrected chi connectivity index (χ3v) is 5.73. The van der Waals surface area contributed by atoms with Crippen LogP contribution < -0.4 is 4.90 Å². The van der Waals surface area contributed by atoms with Crippen molar-refractivity contribution >= 4 is 30.2 Å². The number of benzene rings is 2. The lowest BCUT2D eigenvalue weighted by Crippen LogP contribution is -2.31. The third kappa shape index (κ3) is 3.57. The molecule has 0 saturated carbocycles. The lowest BCUT2D eigenvalue weighted by atomic mass is 9.68. The average molecular weight is 413 g/mol. The SMILES string of the molecule is CN(C)c1ccc(C2(c3ccccc3)C=Cc3c(C(=O)O)nn(C=CC=O)c3C2)cc1. The highest BCUT2D eigenvalue weighted by Crippen LogP contribution is 2.42. The first-order chi connectivity index (χ1) is 15.0. The van der Waals surface area contributed by atoms with Crippen LogP contribution in [0.2, 0.25) is 0 Å². The summed E-state index contributed by atoms with van der Waals surface area (Å²) in [7, 11) is 4.00. The van der Waals surface area contributed by atoms with Crippen molar-refractivity contribution in [3.8, 4) is 0 Å². The predicted molar refractivity (Wildman–Crippen MR) is 121 cm³/mol. The second-order valence-electron chi connectivity index (χ2n) is 7.73. The highest BCUT2D eigenvalue weighted by atomic mass is 16.4. The predicted octanol–water partition coefficient (Wildman–Crippen LogP) is 3.87. The molecule has 0 radical (unpaired) electrons. The average Bonchev–Trinajstić information content (AvgIpc) is 3.16. The Kier molecular flexibility index (Phi) is 5.29. The van der Waals surface area contributed by atoms with Crippen molar-refractivity contribution in [1.82, 2.24) is 9.78 Å². The van der Waals surface area contributed by atoms with E-state index in [9.17, 15) is 14.7 Å². The smallest absolute Gasteiger partial charge is 0.357 e. The van der Waals surface area contributed by atoms with Gasteiger partial charge in [-0.1, -0.05) is 54.6 Å². The monoisotopic (exact) mass is 413 g/mol. The zero-order valence-electron chi connectivity index (χ0n) is 17.4. The van der Waals surface area contributed by atoms with Crippen molar-refractivity contribution in [2.45, 2.75) is 11.8 Å². The summed E-state index contributed by atoms with van der Waals surface area (Å²) in [4.78, 5) is 24.7. The van der Waals surface area contributed by atoms with Gasteiger partial charge in [-0.2, -0.15) is 5.10 Å². The number of rotatable bonds is 6. The quantitative estimate of drug-likeness (QED) is 0.490.